The number of amides is 1. The summed E-state index contributed by atoms with van der Waals surface area (Å²) in [4.78, 5) is 14.1. The van der Waals surface area contributed by atoms with Gasteiger partial charge in [-0.1, -0.05) is 11.6 Å². The molecule has 1 amide bonds. The van der Waals surface area contributed by atoms with E-state index in [4.69, 9.17) is 16.0 Å². The van der Waals surface area contributed by atoms with Crippen LogP contribution >= 0.6 is 11.6 Å². The molecular weight excluding hydrogens is 318 g/mol. The van der Waals surface area contributed by atoms with Crippen LogP contribution in [0.5, 0.6) is 0 Å². The van der Waals surface area contributed by atoms with Gasteiger partial charge in [0.2, 0.25) is 5.91 Å². The minimum Gasteiger partial charge on any atom is -0.464 e. The first-order valence-corrected chi connectivity index (χ1v) is 8.00. The van der Waals surface area contributed by atoms with Gasteiger partial charge in [0.25, 0.3) is 0 Å². The Morgan fingerprint density at radius 2 is 2.26 bits per heavy atom. The van der Waals surface area contributed by atoms with E-state index in [0.717, 1.165) is 16.5 Å². The number of hydrogen-bond donors (Lipinski definition) is 2. The van der Waals surface area contributed by atoms with Crippen LogP contribution in [0.2, 0.25) is 5.02 Å². The number of hydrogen-bond acceptors (Lipinski definition) is 4. The number of likely N-dealkylation sites (tertiary alicyclic amines) is 1. The number of halogens is 1. The number of aliphatic hydroxyl groups is 2. The fourth-order valence-electron chi connectivity index (χ4n) is 2.86. The lowest BCUT2D eigenvalue weighted by atomic mass is 9.90. The van der Waals surface area contributed by atoms with E-state index in [-0.39, 0.29) is 18.9 Å². The Hall–Kier alpha value is -1.56. The molecule has 0 aliphatic carbocycles. The molecule has 0 unspecified atom stereocenters. The number of rotatable bonds is 2. The minimum atomic E-state index is -1.13. The van der Waals surface area contributed by atoms with Gasteiger partial charge in [-0.25, -0.2) is 0 Å². The molecule has 6 heteroatoms. The fourth-order valence-corrected chi connectivity index (χ4v) is 3.03. The van der Waals surface area contributed by atoms with Crippen LogP contribution in [0.1, 0.15) is 24.5 Å². The van der Waals surface area contributed by atoms with E-state index >= 15 is 0 Å². The summed E-state index contributed by atoms with van der Waals surface area (Å²) in [5.41, 5.74) is 1.27. The summed E-state index contributed by atoms with van der Waals surface area (Å²) in [5, 5.41) is 21.4. The highest BCUT2D eigenvalue weighted by Crippen LogP contribution is 2.29. The maximum atomic E-state index is 12.5. The first-order valence-electron chi connectivity index (χ1n) is 7.62. The Kier molecular flexibility index (Phi) is 4.12. The SMILES string of the molecule is Cc1cc2occ(CC(=O)N3CC[C@](C)(O)[C@@H](O)C3)c2cc1Cl. The quantitative estimate of drug-likeness (QED) is 0.881. The Morgan fingerprint density at radius 1 is 1.52 bits per heavy atom. The summed E-state index contributed by atoms with van der Waals surface area (Å²) in [7, 11) is 0. The average Bonchev–Trinajstić information content (AvgIpc) is 2.84. The zero-order chi connectivity index (χ0) is 16.8. The highest BCUT2D eigenvalue weighted by atomic mass is 35.5. The number of aliphatic hydroxyl groups excluding tert-OH is 1. The standard InChI is InChI=1S/C17H20ClNO4/c1-10-5-14-12(7-13(10)18)11(9-23-14)6-16(21)19-4-3-17(2,22)15(20)8-19/h5,7,9,15,20,22H,3-4,6,8H2,1-2H3/t15-,17-/m0/s1. The summed E-state index contributed by atoms with van der Waals surface area (Å²) >= 11 is 6.15. The van der Waals surface area contributed by atoms with Crippen LogP contribution in [0.25, 0.3) is 11.0 Å². The van der Waals surface area contributed by atoms with Crippen molar-refractivity contribution < 1.29 is 19.4 Å². The van der Waals surface area contributed by atoms with Crippen LogP contribution < -0.4 is 0 Å². The molecule has 1 aromatic heterocycles. The van der Waals surface area contributed by atoms with Crippen LogP contribution in [0.3, 0.4) is 0 Å². The fraction of sp³-hybridized carbons (Fsp3) is 0.471. The Balaban J connectivity index is 1.77. The maximum absolute atomic E-state index is 12.5. The third-order valence-electron chi connectivity index (χ3n) is 4.63. The normalized spacial score (nSPS) is 25.1. The Labute approximate surface area is 139 Å². The van der Waals surface area contributed by atoms with Crippen LogP contribution in [0, 0.1) is 6.92 Å². The summed E-state index contributed by atoms with van der Waals surface area (Å²) in [5.74, 6) is -0.0982. The van der Waals surface area contributed by atoms with Gasteiger partial charge in [-0.05, 0) is 38.0 Å². The summed E-state index contributed by atoms with van der Waals surface area (Å²) < 4.78 is 5.51. The topological polar surface area (TPSA) is 73.9 Å². The molecule has 3 rings (SSSR count). The highest BCUT2D eigenvalue weighted by Gasteiger charge is 2.37. The first kappa shape index (κ1) is 16.3. The van der Waals surface area contributed by atoms with Crippen molar-refractivity contribution in [3.8, 4) is 0 Å². The molecule has 0 bridgehead atoms. The third-order valence-corrected chi connectivity index (χ3v) is 5.04. The molecule has 1 saturated heterocycles. The molecule has 1 aliphatic heterocycles. The van der Waals surface area contributed by atoms with E-state index in [9.17, 15) is 15.0 Å². The molecule has 1 aromatic carbocycles. The third kappa shape index (κ3) is 3.09. The van der Waals surface area contributed by atoms with E-state index in [1.54, 1.807) is 18.1 Å². The van der Waals surface area contributed by atoms with Crippen molar-refractivity contribution in [1.29, 1.82) is 0 Å². The van der Waals surface area contributed by atoms with E-state index in [0.29, 0.717) is 23.6 Å². The van der Waals surface area contributed by atoms with E-state index < -0.39 is 11.7 Å². The van der Waals surface area contributed by atoms with Crippen LogP contribution in [0.15, 0.2) is 22.8 Å². The van der Waals surface area contributed by atoms with Gasteiger partial charge in [0, 0.05) is 29.1 Å². The molecule has 23 heavy (non-hydrogen) atoms. The van der Waals surface area contributed by atoms with E-state index in [2.05, 4.69) is 0 Å². The molecule has 2 atom stereocenters. The number of carbonyl (C=O) groups excluding carboxylic acids is 1. The van der Waals surface area contributed by atoms with Crippen LogP contribution in [-0.4, -0.2) is 45.8 Å². The van der Waals surface area contributed by atoms with Crippen molar-refractivity contribution in [3.63, 3.8) is 0 Å². The van der Waals surface area contributed by atoms with Crippen molar-refractivity contribution in [2.75, 3.05) is 13.1 Å². The molecule has 2 aromatic rings. The Morgan fingerprint density at radius 3 is 2.96 bits per heavy atom. The van der Waals surface area contributed by atoms with Crippen molar-refractivity contribution in [1.82, 2.24) is 4.90 Å². The number of piperidine rings is 1. The molecule has 124 valence electrons. The predicted octanol–water partition coefficient (Wildman–Crippen LogP) is 2.28. The maximum Gasteiger partial charge on any atom is 0.227 e. The number of nitrogens with zero attached hydrogens (tertiary/aromatic N) is 1. The smallest absolute Gasteiger partial charge is 0.227 e. The zero-order valence-electron chi connectivity index (χ0n) is 13.2. The predicted molar refractivity (Wildman–Crippen MR) is 87.5 cm³/mol. The largest absolute Gasteiger partial charge is 0.464 e. The Bertz CT molecular complexity index is 752. The van der Waals surface area contributed by atoms with Gasteiger partial charge in [-0.2, -0.15) is 0 Å². The van der Waals surface area contributed by atoms with Crippen molar-refractivity contribution in [3.05, 3.63) is 34.5 Å². The van der Waals surface area contributed by atoms with Gasteiger partial charge in [0.05, 0.1) is 24.4 Å². The second kappa shape index (κ2) is 5.82. The van der Waals surface area contributed by atoms with E-state index in [1.807, 2.05) is 19.1 Å². The number of aryl methyl sites for hydroxylation is 1. The number of carbonyl (C=O) groups is 1. The lowest BCUT2D eigenvalue weighted by molar-refractivity contribution is -0.145. The van der Waals surface area contributed by atoms with Crippen molar-refractivity contribution in [2.24, 2.45) is 0 Å². The monoisotopic (exact) mass is 337 g/mol. The molecule has 0 radical (unpaired) electrons. The van der Waals surface area contributed by atoms with Crippen LogP contribution in [-0.2, 0) is 11.2 Å². The number of furan rings is 1. The van der Waals surface area contributed by atoms with Crippen molar-refractivity contribution in [2.45, 2.75) is 38.4 Å². The summed E-state index contributed by atoms with van der Waals surface area (Å²) in [6, 6.07) is 3.67. The number of β-amino-alcohol motifs (C(OH)–C–C–N with tert-alkyl or cyclic N) is 1. The molecule has 1 fully saturated rings. The van der Waals surface area contributed by atoms with Gasteiger partial charge < -0.3 is 19.5 Å². The highest BCUT2D eigenvalue weighted by molar-refractivity contribution is 6.32. The first-order chi connectivity index (χ1) is 10.8. The molecule has 1 aliphatic rings. The van der Waals surface area contributed by atoms with Gasteiger partial charge in [0.1, 0.15) is 5.58 Å². The molecule has 2 N–H and O–H groups in total. The summed E-state index contributed by atoms with van der Waals surface area (Å²) in [6.07, 6.45) is 1.19. The molecule has 5 nitrogen and oxygen atoms in total. The second-order valence-electron chi connectivity index (χ2n) is 6.50. The van der Waals surface area contributed by atoms with E-state index in [1.165, 1.54) is 0 Å². The van der Waals surface area contributed by atoms with Gasteiger partial charge in [0.15, 0.2) is 0 Å². The zero-order valence-corrected chi connectivity index (χ0v) is 13.9. The molecule has 0 saturated carbocycles. The van der Waals surface area contributed by atoms with Gasteiger partial charge in [-0.3, -0.25) is 4.79 Å². The second-order valence-corrected chi connectivity index (χ2v) is 6.91. The molecule has 0 spiro atoms. The summed E-state index contributed by atoms with van der Waals surface area (Å²) in [6.45, 7) is 4.06. The lowest BCUT2D eigenvalue weighted by Gasteiger charge is -2.39. The van der Waals surface area contributed by atoms with Gasteiger partial charge >= 0.3 is 0 Å². The minimum absolute atomic E-state index is 0.0982. The average molecular weight is 338 g/mol. The lowest BCUT2D eigenvalue weighted by Crippen LogP contribution is -2.55. The van der Waals surface area contributed by atoms with Crippen LogP contribution in [0.4, 0.5) is 0 Å². The van der Waals surface area contributed by atoms with Crippen molar-refractivity contribution >= 4 is 28.5 Å². The molecule has 2 heterocycles. The number of benzene rings is 1. The number of fused-ring (bicyclic) bond motifs is 1. The molecular formula is C17H20ClNO4. The van der Waals surface area contributed by atoms with Gasteiger partial charge in [-0.15, -0.1) is 0 Å².